The summed E-state index contributed by atoms with van der Waals surface area (Å²) in [6, 6.07) is 8.25. The molecule has 3 aromatic heterocycles. The van der Waals surface area contributed by atoms with Crippen molar-refractivity contribution in [2.24, 2.45) is 7.05 Å². The lowest BCUT2D eigenvalue weighted by Crippen LogP contribution is -2.28. The molecule has 0 amide bonds. The van der Waals surface area contributed by atoms with Gasteiger partial charge in [-0.1, -0.05) is 11.3 Å². The maximum absolute atomic E-state index is 12.3. The fourth-order valence-corrected chi connectivity index (χ4v) is 2.59. The number of hydrogen-bond donors (Lipinski definition) is 1. The van der Waals surface area contributed by atoms with E-state index in [-0.39, 0.29) is 18.1 Å². The Labute approximate surface area is 169 Å². The van der Waals surface area contributed by atoms with E-state index in [0.29, 0.717) is 17.1 Å². The van der Waals surface area contributed by atoms with Gasteiger partial charge in [-0.3, -0.25) is 9.78 Å². The van der Waals surface area contributed by atoms with Crippen LogP contribution in [0.5, 0.6) is 5.88 Å². The Morgan fingerprint density at radius 3 is 2.67 bits per heavy atom. The first-order valence-electron chi connectivity index (χ1n) is 8.92. The summed E-state index contributed by atoms with van der Waals surface area (Å²) in [7, 11) is 1.71. The van der Waals surface area contributed by atoms with Crippen molar-refractivity contribution in [2.75, 3.05) is 0 Å². The summed E-state index contributed by atoms with van der Waals surface area (Å²) < 4.78 is 44.1. The van der Waals surface area contributed by atoms with Gasteiger partial charge in [0, 0.05) is 37.5 Å². The first-order chi connectivity index (χ1) is 14.3. The quantitative estimate of drug-likeness (QED) is 0.558. The van der Waals surface area contributed by atoms with Crippen molar-refractivity contribution in [3.63, 3.8) is 0 Å². The second kappa shape index (κ2) is 8.99. The van der Waals surface area contributed by atoms with Crippen molar-refractivity contribution in [2.45, 2.75) is 31.7 Å². The van der Waals surface area contributed by atoms with Gasteiger partial charge in [0.2, 0.25) is 5.88 Å². The van der Waals surface area contributed by atoms with E-state index in [1.807, 2.05) is 6.07 Å². The molecule has 0 aliphatic rings. The van der Waals surface area contributed by atoms with E-state index in [1.165, 1.54) is 18.3 Å². The zero-order valence-corrected chi connectivity index (χ0v) is 15.9. The third kappa shape index (κ3) is 5.17. The van der Waals surface area contributed by atoms with Crippen LogP contribution in [0.2, 0.25) is 0 Å². The van der Waals surface area contributed by atoms with Gasteiger partial charge in [-0.2, -0.15) is 13.2 Å². The van der Waals surface area contributed by atoms with Gasteiger partial charge in [-0.05, 0) is 24.6 Å². The van der Waals surface area contributed by atoms with Crippen molar-refractivity contribution in [1.29, 1.82) is 0 Å². The van der Waals surface area contributed by atoms with Gasteiger partial charge in [0.25, 0.3) is 0 Å². The molecule has 1 unspecified atom stereocenters. The van der Waals surface area contributed by atoms with E-state index in [2.05, 4.69) is 20.3 Å². The summed E-state index contributed by atoms with van der Waals surface area (Å²) in [4.78, 5) is 20.2. The highest BCUT2D eigenvalue weighted by molar-refractivity contribution is 5.95. The number of nitrogens with zero attached hydrogens (tertiary/aromatic N) is 5. The lowest BCUT2D eigenvalue weighted by atomic mass is 10.1. The van der Waals surface area contributed by atoms with Gasteiger partial charge in [0.15, 0.2) is 5.78 Å². The van der Waals surface area contributed by atoms with Crippen molar-refractivity contribution >= 4 is 5.78 Å². The molecule has 0 saturated carbocycles. The Kier molecular flexibility index (Phi) is 6.40. The number of aromatic nitrogens is 5. The molecule has 1 N–H and O–H groups in total. The topological polar surface area (TPSA) is 103 Å². The zero-order chi connectivity index (χ0) is 21.7. The second-order valence-electron chi connectivity index (χ2n) is 6.42. The third-order valence-electron chi connectivity index (χ3n) is 4.29. The SMILES string of the molecule is Cn1nnc(-c2ccccn2)c1COc1ccc(C(=O)CCC(O)C(F)(F)F)cn1. The van der Waals surface area contributed by atoms with E-state index in [1.54, 1.807) is 30.1 Å². The number of ether oxygens (including phenoxy) is 1. The van der Waals surface area contributed by atoms with Crippen LogP contribution in [0.3, 0.4) is 0 Å². The van der Waals surface area contributed by atoms with Gasteiger partial charge in [0.05, 0.1) is 5.69 Å². The molecule has 8 nitrogen and oxygen atoms in total. The molecule has 0 aliphatic heterocycles. The van der Waals surface area contributed by atoms with Crippen LogP contribution in [0.15, 0.2) is 42.7 Å². The summed E-state index contributed by atoms with van der Waals surface area (Å²) in [5, 5.41) is 17.1. The number of halogens is 3. The van der Waals surface area contributed by atoms with E-state index in [9.17, 15) is 18.0 Å². The number of ketones is 1. The number of aryl methyl sites for hydroxylation is 1. The van der Waals surface area contributed by atoms with Crippen LogP contribution in [0.4, 0.5) is 13.2 Å². The molecular formula is C19H18F3N5O3. The Morgan fingerprint density at radius 2 is 2.03 bits per heavy atom. The number of carbonyl (C=O) groups is 1. The maximum atomic E-state index is 12.3. The van der Waals surface area contributed by atoms with Crippen molar-refractivity contribution in [3.05, 3.63) is 54.0 Å². The van der Waals surface area contributed by atoms with Gasteiger partial charge >= 0.3 is 6.18 Å². The van der Waals surface area contributed by atoms with Crippen LogP contribution in [0.25, 0.3) is 11.4 Å². The molecule has 30 heavy (non-hydrogen) atoms. The molecular weight excluding hydrogens is 403 g/mol. The Bertz CT molecular complexity index is 991. The molecule has 0 spiro atoms. The number of aliphatic hydroxyl groups excluding tert-OH is 1. The summed E-state index contributed by atoms with van der Waals surface area (Å²) in [6.45, 7) is 0.0907. The van der Waals surface area contributed by atoms with Crippen molar-refractivity contribution in [3.8, 4) is 17.3 Å². The van der Waals surface area contributed by atoms with Crippen LogP contribution < -0.4 is 4.74 Å². The Balaban J connectivity index is 1.61. The summed E-state index contributed by atoms with van der Waals surface area (Å²) in [5.41, 5.74) is 2.00. The first kappa shape index (κ1) is 21.4. The summed E-state index contributed by atoms with van der Waals surface area (Å²) >= 11 is 0. The number of aliphatic hydroxyl groups is 1. The number of pyridine rings is 2. The molecule has 0 bridgehead atoms. The molecule has 3 aromatic rings. The molecule has 3 rings (SSSR count). The predicted molar refractivity (Wildman–Crippen MR) is 98.4 cm³/mol. The molecule has 0 saturated heterocycles. The molecule has 0 radical (unpaired) electrons. The van der Waals surface area contributed by atoms with Crippen LogP contribution in [-0.2, 0) is 13.7 Å². The predicted octanol–water partition coefficient (Wildman–Crippen LogP) is 2.74. The molecule has 158 valence electrons. The zero-order valence-electron chi connectivity index (χ0n) is 15.9. The van der Waals surface area contributed by atoms with E-state index >= 15 is 0 Å². The second-order valence-corrected chi connectivity index (χ2v) is 6.42. The van der Waals surface area contributed by atoms with Gasteiger partial charge in [-0.15, -0.1) is 5.10 Å². The van der Waals surface area contributed by atoms with E-state index in [4.69, 9.17) is 9.84 Å². The van der Waals surface area contributed by atoms with Gasteiger partial charge in [0.1, 0.15) is 24.1 Å². The van der Waals surface area contributed by atoms with E-state index in [0.717, 1.165) is 0 Å². The minimum absolute atomic E-state index is 0.0907. The molecule has 11 heteroatoms. The highest BCUT2D eigenvalue weighted by Gasteiger charge is 2.38. The number of carbonyl (C=O) groups excluding carboxylic acids is 1. The van der Waals surface area contributed by atoms with Crippen LogP contribution >= 0.6 is 0 Å². The molecule has 0 aromatic carbocycles. The number of alkyl halides is 3. The molecule has 1 atom stereocenters. The van der Waals surface area contributed by atoms with Crippen molar-refractivity contribution < 1.29 is 27.8 Å². The maximum Gasteiger partial charge on any atom is 0.414 e. The summed E-state index contributed by atoms with van der Waals surface area (Å²) in [5.74, 6) is -0.333. The highest BCUT2D eigenvalue weighted by atomic mass is 19.4. The highest BCUT2D eigenvalue weighted by Crippen LogP contribution is 2.24. The van der Waals surface area contributed by atoms with Crippen LogP contribution in [0, 0.1) is 0 Å². The molecule has 0 fully saturated rings. The lowest BCUT2D eigenvalue weighted by Gasteiger charge is -2.13. The normalized spacial score (nSPS) is 12.6. The Hall–Kier alpha value is -3.34. The fraction of sp³-hybridized carbons (Fsp3) is 0.316. The summed E-state index contributed by atoms with van der Waals surface area (Å²) in [6.07, 6.45) is -5.57. The number of rotatable bonds is 8. The van der Waals surface area contributed by atoms with E-state index < -0.39 is 30.9 Å². The molecule has 0 aliphatic carbocycles. The fourth-order valence-electron chi connectivity index (χ4n) is 2.59. The van der Waals surface area contributed by atoms with Gasteiger partial charge < -0.3 is 9.84 Å². The van der Waals surface area contributed by atoms with Gasteiger partial charge in [-0.25, -0.2) is 9.67 Å². The minimum atomic E-state index is -4.75. The minimum Gasteiger partial charge on any atom is -0.471 e. The van der Waals surface area contributed by atoms with Crippen molar-refractivity contribution in [1.82, 2.24) is 25.0 Å². The number of Topliss-reactive ketones (excluding diaryl/α,β-unsaturated/α-hetero) is 1. The van der Waals surface area contributed by atoms with Crippen LogP contribution in [0.1, 0.15) is 28.9 Å². The third-order valence-corrected chi connectivity index (χ3v) is 4.29. The monoisotopic (exact) mass is 421 g/mol. The Morgan fingerprint density at radius 1 is 1.23 bits per heavy atom. The smallest absolute Gasteiger partial charge is 0.414 e. The lowest BCUT2D eigenvalue weighted by molar-refractivity contribution is -0.204. The molecule has 3 heterocycles. The first-order valence-corrected chi connectivity index (χ1v) is 8.92. The standard InChI is InChI=1S/C19H18F3N5O3/c1-27-14(18(25-26-27)13-4-2-3-9-23-13)11-30-17-8-5-12(10-24-17)15(28)6-7-16(29)19(20,21)22/h2-5,8-10,16,29H,6-7,11H2,1H3. The van der Waals surface area contributed by atoms with Crippen LogP contribution in [-0.4, -0.2) is 48.1 Å². The largest absolute Gasteiger partial charge is 0.471 e. The number of hydrogen-bond acceptors (Lipinski definition) is 7. The average molecular weight is 421 g/mol. The average Bonchev–Trinajstić information content (AvgIpc) is 3.11.